The van der Waals surface area contributed by atoms with Crippen molar-refractivity contribution in [1.29, 1.82) is 0 Å². The van der Waals surface area contributed by atoms with Gasteiger partial charge in [0, 0.05) is 13.1 Å². The summed E-state index contributed by atoms with van der Waals surface area (Å²) in [6, 6.07) is 0. The maximum Gasteiger partial charge on any atom is 0.244 e. The average molecular weight is 243 g/mol. The molecule has 1 aliphatic rings. The van der Waals surface area contributed by atoms with Gasteiger partial charge in [-0.25, -0.2) is 5.01 Å². The Bertz CT molecular complexity index is 252. The van der Waals surface area contributed by atoms with Gasteiger partial charge >= 0.3 is 0 Å². The maximum absolute atomic E-state index is 11.9. The van der Waals surface area contributed by atoms with E-state index in [4.69, 9.17) is 18.0 Å². The van der Waals surface area contributed by atoms with E-state index in [1.807, 2.05) is 11.9 Å². The number of nitrogens with one attached hydrogen (secondary N) is 1. The van der Waals surface area contributed by atoms with E-state index in [2.05, 4.69) is 5.43 Å². The molecule has 3 N–H and O–H groups in total. The number of carbonyl (C=O) groups excluding carboxylic acids is 1. The van der Waals surface area contributed by atoms with E-state index >= 15 is 0 Å². The lowest BCUT2D eigenvalue weighted by Gasteiger charge is -2.28. The maximum atomic E-state index is 11.9. The van der Waals surface area contributed by atoms with Crippen LogP contribution in [-0.2, 0) is 4.79 Å². The summed E-state index contributed by atoms with van der Waals surface area (Å²) in [5.74, 6) is -0.363. The molecule has 0 spiro atoms. The second kappa shape index (κ2) is 6.81. The molecular formula is C11H21N3OS. The number of piperidine rings is 1. The van der Waals surface area contributed by atoms with Crippen LogP contribution in [0.4, 0.5) is 0 Å². The Morgan fingerprint density at radius 2 is 2.06 bits per heavy atom. The number of carbonyl (C=O) groups is 1. The Morgan fingerprint density at radius 3 is 2.56 bits per heavy atom. The van der Waals surface area contributed by atoms with Gasteiger partial charge in [-0.15, -0.1) is 0 Å². The Morgan fingerprint density at radius 1 is 1.44 bits per heavy atom. The highest BCUT2D eigenvalue weighted by Crippen LogP contribution is 2.10. The number of nitrogens with two attached hydrogens (primary N) is 1. The van der Waals surface area contributed by atoms with Gasteiger partial charge in [-0.05, 0) is 19.3 Å². The largest absolute Gasteiger partial charge is 0.393 e. The first-order valence-electron chi connectivity index (χ1n) is 6.00. The number of hydrogen-bond donors (Lipinski definition) is 2. The van der Waals surface area contributed by atoms with Crippen LogP contribution in [-0.4, -0.2) is 29.0 Å². The third-order valence-electron chi connectivity index (χ3n) is 2.86. The standard InChI is InChI=1S/C11H21N3OS/c1-2-6-9(10(12)16)11(15)13-14-7-4-3-5-8-14/h9H,2-8H2,1H3,(H2,12,16)(H,13,15). The number of rotatable bonds is 5. The fraction of sp³-hybridized carbons (Fsp3) is 0.818. The summed E-state index contributed by atoms with van der Waals surface area (Å²) >= 11 is 4.92. The molecule has 1 unspecified atom stereocenters. The Labute approximate surface area is 103 Å². The van der Waals surface area contributed by atoms with Crippen LogP contribution in [0.25, 0.3) is 0 Å². The van der Waals surface area contributed by atoms with Crippen LogP contribution in [0.1, 0.15) is 39.0 Å². The molecule has 0 bridgehead atoms. The molecule has 1 fully saturated rings. The molecule has 1 aliphatic heterocycles. The van der Waals surface area contributed by atoms with Gasteiger partial charge in [0.15, 0.2) is 0 Å². The zero-order chi connectivity index (χ0) is 12.0. The molecule has 1 amide bonds. The van der Waals surface area contributed by atoms with Crippen LogP contribution in [0.5, 0.6) is 0 Å². The van der Waals surface area contributed by atoms with E-state index in [0.717, 1.165) is 38.8 Å². The summed E-state index contributed by atoms with van der Waals surface area (Å²) in [4.78, 5) is 12.2. The summed E-state index contributed by atoms with van der Waals surface area (Å²) in [7, 11) is 0. The van der Waals surface area contributed by atoms with Crippen LogP contribution in [0.3, 0.4) is 0 Å². The van der Waals surface area contributed by atoms with E-state index in [1.165, 1.54) is 6.42 Å². The molecule has 16 heavy (non-hydrogen) atoms. The van der Waals surface area contributed by atoms with Gasteiger partial charge < -0.3 is 5.73 Å². The predicted octanol–water partition coefficient (Wildman–Crippen LogP) is 1.21. The fourth-order valence-corrected chi connectivity index (χ4v) is 2.16. The van der Waals surface area contributed by atoms with Crippen molar-refractivity contribution in [3.8, 4) is 0 Å². The van der Waals surface area contributed by atoms with Gasteiger partial charge in [0.1, 0.15) is 0 Å². The Balaban J connectivity index is 2.44. The molecule has 1 heterocycles. The van der Waals surface area contributed by atoms with Gasteiger partial charge in [-0.2, -0.15) is 0 Å². The van der Waals surface area contributed by atoms with Crippen molar-refractivity contribution >= 4 is 23.1 Å². The molecule has 0 saturated carbocycles. The zero-order valence-electron chi connectivity index (χ0n) is 9.87. The minimum atomic E-state index is -0.318. The number of thiocarbonyl (C=S) groups is 1. The molecule has 0 aliphatic carbocycles. The Kier molecular flexibility index (Phi) is 5.69. The second-order valence-electron chi connectivity index (χ2n) is 4.27. The normalized spacial score (nSPS) is 19.1. The van der Waals surface area contributed by atoms with Crippen molar-refractivity contribution in [1.82, 2.24) is 10.4 Å². The van der Waals surface area contributed by atoms with Gasteiger partial charge in [0.2, 0.25) is 5.91 Å². The SMILES string of the molecule is CCCC(C(=O)NN1CCCCC1)C(N)=S. The van der Waals surface area contributed by atoms with Gasteiger partial charge in [0.05, 0.1) is 10.9 Å². The van der Waals surface area contributed by atoms with Crippen molar-refractivity contribution < 1.29 is 4.79 Å². The third kappa shape index (κ3) is 4.06. The van der Waals surface area contributed by atoms with Crippen LogP contribution in [0.15, 0.2) is 0 Å². The minimum absolute atomic E-state index is 0.0451. The molecule has 1 rings (SSSR count). The molecule has 0 aromatic heterocycles. The molecule has 0 radical (unpaired) electrons. The Hall–Kier alpha value is -0.680. The lowest BCUT2D eigenvalue weighted by molar-refractivity contribution is -0.128. The van der Waals surface area contributed by atoms with E-state index in [0.29, 0.717) is 4.99 Å². The molecule has 92 valence electrons. The quantitative estimate of drug-likeness (QED) is 0.713. The number of hydrazine groups is 1. The van der Waals surface area contributed by atoms with Crippen molar-refractivity contribution in [2.45, 2.75) is 39.0 Å². The van der Waals surface area contributed by atoms with Crippen LogP contribution < -0.4 is 11.2 Å². The van der Waals surface area contributed by atoms with E-state index < -0.39 is 0 Å². The highest BCUT2D eigenvalue weighted by atomic mass is 32.1. The predicted molar refractivity (Wildman–Crippen MR) is 68.8 cm³/mol. The molecule has 0 aromatic carbocycles. The van der Waals surface area contributed by atoms with E-state index in [-0.39, 0.29) is 11.8 Å². The highest BCUT2D eigenvalue weighted by Gasteiger charge is 2.22. The van der Waals surface area contributed by atoms with E-state index in [1.54, 1.807) is 0 Å². The summed E-state index contributed by atoms with van der Waals surface area (Å²) in [5.41, 5.74) is 8.49. The first-order valence-corrected chi connectivity index (χ1v) is 6.40. The summed E-state index contributed by atoms with van der Waals surface area (Å²) in [6.07, 6.45) is 5.18. The third-order valence-corrected chi connectivity index (χ3v) is 3.15. The summed E-state index contributed by atoms with van der Waals surface area (Å²) in [6.45, 7) is 3.89. The topological polar surface area (TPSA) is 58.4 Å². The highest BCUT2D eigenvalue weighted by molar-refractivity contribution is 7.80. The van der Waals surface area contributed by atoms with Crippen molar-refractivity contribution in [3.05, 3.63) is 0 Å². The lowest BCUT2D eigenvalue weighted by Crippen LogP contribution is -2.49. The monoisotopic (exact) mass is 243 g/mol. The number of amides is 1. The molecular weight excluding hydrogens is 222 g/mol. The van der Waals surface area contributed by atoms with Gasteiger partial charge in [-0.1, -0.05) is 32.0 Å². The first-order chi connectivity index (χ1) is 7.65. The van der Waals surface area contributed by atoms with Crippen molar-refractivity contribution in [2.75, 3.05) is 13.1 Å². The minimum Gasteiger partial charge on any atom is -0.393 e. The second-order valence-corrected chi connectivity index (χ2v) is 4.74. The molecule has 1 saturated heterocycles. The molecule has 1 atom stereocenters. The number of nitrogens with zero attached hydrogens (tertiary/aromatic N) is 1. The van der Waals surface area contributed by atoms with Crippen LogP contribution in [0.2, 0.25) is 0 Å². The van der Waals surface area contributed by atoms with Gasteiger partial charge in [0.25, 0.3) is 0 Å². The van der Waals surface area contributed by atoms with Crippen LogP contribution in [0, 0.1) is 5.92 Å². The first kappa shape index (κ1) is 13.4. The average Bonchev–Trinajstić information content (AvgIpc) is 2.26. The zero-order valence-corrected chi connectivity index (χ0v) is 10.7. The molecule has 5 heteroatoms. The van der Waals surface area contributed by atoms with Crippen molar-refractivity contribution in [2.24, 2.45) is 11.7 Å². The summed E-state index contributed by atoms with van der Waals surface area (Å²) in [5, 5.41) is 1.98. The lowest BCUT2D eigenvalue weighted by atomic mass is 10.0. The van der Waals surface area contributed by atoms with Gasteiger partial charge in [-0.3, -0.25) is 10.2 Å². The fourth-order valence-electron chi connectivity index (χ4n) is 1.93. The summed E-state index contributed by atoms with van der Waals surface area (Å²) < 4.78 is 0. The van der Waals surface area contributed by atoms with E-state index in [9.17, 15) is 4.79 Å². The molecule has 4 nitrogen and oxygen atoms in total. The smallest absolute Gasteiger partial charge is 0.244 e. The van der Waals surface area contributed by atoms with Crippen molar-refractivity contribution in [3.63, 3.8) is 0 Å². The van der Waals surface area contributed by atoms with Crippen LogP contribution >= 0.6 is 12.2 Å². The number of hydrogen-bond acceptors (Lipinski definition) is 3. The molecule has 0 aromatic rings.